The van der Waals surface area contributed by atoms with Crippen LogP contribution in [0.5, 0.6) is 0 Å². The summed E-state index contributed by atoms with van der Waals surface area (Å²) in [5, 5.41) is 19.6. The molecule has 2 heterocycles. The largest absolute Gasteiger partial charge is 0.481 e. The molecule has 1 aromatic heterocycles. The molecule has 1 spiro atoms. The molecular formula is C38H48N5O9P. The molecule has 0 radical (unpaired) electrons. The Bertz CT molecular complexity index is 1910. The number of aliphatic carboxylic acids is 1. The van der Waals surface area contributed by atoms with Gasteiger partial charge < -0.3 is 41.6 Å². The molecule has 1 aliphatic carbocycles. The van der Waals surface area contributed by atoms with Gasteiger partial charge >= 0.3 is 13.6 Å². The second kappa shape index (κ2) is 16.9. The summed E-state index contributed by atoms with van der Waals surface area (Å²) in [6.45, 7) is 2.16. The first kappa shape index (κ1) is 39.4. The second-order valence-corrected chi connectivity index (χ2v) is 16.1. The topological polar surface area (TPSA) is 241 Å². The SMILES string of the molecule is Cc1ccc2[nH]cc(CC3CC=C[C@@H](c4ccc(CP(=O)(O)O)cc4)[C@H](CC(=O)O)C(=O)NC4(CCCCC4)C(=O)N[C@@H](CC(N)=O)C(=O)NC3)c2c1. The molecule has 2 aromatic carbocycles. The summed E-state index contributed by atoms with van der Waals surface area (Å²) in [5.74, 6) is -6.16. The number of carboxylic acids is 1. The van der Waals surface area contributed by atoms with Gasteiger partial charge in [0.2, 0.25) is 23.6 Å². The number of aromatic amines is 1. The fraction of sp³-hybridized carbons (Fsp3) is 0.447. The molecule has 3 aromatic rings. The van der Waals surface area contributed by atoms with Gasteiger partial charge in [0.25, 0.3) is 0 Å². The van der Waals surface area contributed by atoms with Crippen molar-refractivity contribution in [2.75, 3.05) is 6.54 Å². The van der Waals surface area contributed by atoms with E-state index >= 15 is 0 Å². The molecule has 1 unspecified atom stereocenters. The molecule has 2 aliphatic rings. The lowest BCUT2D eigenvalue weighted by molar-refractivity contribution is -0.143. The minimum atomic E-state index is -4.36. The number of carbonyl (C=O) groups is 5. The molecule has 9 N–H and O–H groups in total. The summed E-state index contributed by atoms with van der Waals surface area (Å²) in [7, 11) is -4.36. The maximum absolute atomic E-state index is 14.3. The smallest absolute Gasteiger partial charge is 0.329 e. The molecule has 15 heteroatoms. The Balaban J connectivity index is 1.58. The van der Waals surface area contributed by atoms with Gasteiger partial charge in [-0.1, -0.05) is 67.3 Å². The molecule has 1 aliphatic heterocycles. The highest BCUT2D eigenvalue weighted by Crippen LogP contribution is 2.40. The predicted octanol–water partition coefficient (Wildman–Crippen LogP) is 3.44. The number of benzene rings is 2. The number of carboxylic acid groups (broad SMARTS) is 1. The van der Waals surface area contributed by atoms with Crippen molar-refractivity contribution in [1.82, 2.24) is 20.9 Å². The van der Waals surface area contributed by atoms with Crippen LogP contribution in [0.2, 0.25) is 0 Å². The van der Waals surface area contributed by atoms with E-state index in [0.717, 1.165) is 28.5 Å². The number of rotatable bonds is 9. The molecule has 53 heavy (non-hydrogen) atoms. The molecule has 4 amide bonds. The summed E-state index contributed by atoms with van der Waals surface area (Å²) in [4.78, 5) is 88.9. The number of H-pyrrole nitrogens is 1. The number of carbonyl (C=O) groups excluding carboxylic acids is 4. The zero-order chi connectivity index (χ0) is 38.3. The summed E-state index contributed by atoms with van der Waals surface area (Å²) in [6, 6.07) is 11.1. The minimum Gasteiger partial charge on any atom is -0.481 e. The molecule has 0 bridgehead atoms. The molecule has 4 atom stereocenters. The van der Waals surface area contributed by atoms with E-state index in [1.54, 1.807) is 30.3 Å². The van der Waals surface area contributed by atoms with Crippen LogP contribution in [-0.4, -0.2) is 67.6 Å². The van der Waals surface area contributed by atoms with E-state index in [2.05, 4.69) is 27.0 Å². The fourth-order valence-corrected chi connectivity index (χ4v) is 8.21. The standard InChI is InChI=1S/C38H48N5O9P/c1-23-8-13-31-29(16-23)27(21-40-31)17-25-6-5-7-28(26-11-9-24(10-12-26)22-53(50,51)52)30(18-34(45)46)35(47)43-38(14-3-2-4-15-38)37(49)42-32(19-33(39)44)36(48)41-20-25/h5,7-13,16,21,25,28,30,32,40H,2-4,6,14-15,17-20,22H2,1H3,(H2,39,44)(H,41,48)(H,42,49)(H,43,47)(H,45,46)(H2,50,51,52)/t25?,28-,30-,32-/m0/s1. The normalized spacial score (nSPS) is 23.0. The number of nitrogens with one attached hydrogen (secondary N) is 4. The van der Waals surface area contributed by atoms with Crippen molar-refractivity contribution in [1.29, 1.82) is 0 Å². The van der Waals surface area contributed by atoms with Crippen LogP contribution in [0, 0.1) is 18.8 Å². The first-order valence-corrected chi connectivity index (χ1v) is 19.7. The number of primary amides is 1. The minimum absolute atomic E-state index is 0.162. The number of hydrogen-bond acceptors (Lipinski definition) is 6. The van der Waals surface area contributed by atoms with Crippen molar-refractivity contribution in [3.05, 3.63) is 83.1 Å². The lowest BCUT2D eigenvalue weighted by Gasteiger charge is -2.39. The maximum atomic E-state index is 14.3. The first-order chi connectivity index (χ1) is 25.1. The van der Waals surface area contributed by atoms with Crippen LogP contribution in [0.1, 0.15) is 79.5 Å². The Morgan fingerprint density at radius 3 is 2.36 bits per heavy atom. The molecule has 5 rings (SSSR count). The van der Waals surface area contributed by atoms with E-state index in [4.69, 9.17) is 5.73 Å². The van der Waals surface area contributed by atoms with Crippen molar-refractivity contribution < 1.29 is 43.4 Å². The average Bonchev–Trinajstić information content (AvgIpc) is 3.48. The summed E-state index contributed by atoms with van der Waals surface area (Å²) in [5.41, 5.74) is 8.00. The van der Waals surface area contributed by atoms with Crippen LogP contribution < -0.4 is 21.7 Å². The third kappa shape index (κ3) is 10.4. The Hall–Kier alpha value is -4.78. The number of allylic oxidation sites excluding steroid dienone is 2. The van der Waals surface area contributed by atoms with Crippen molar-refractivity contribution >= 4 is 48.1 Å². The highest BCUT2D eigenvalue weighted by Gasteiger charge is 2.45. The average molecular weight is 750 g/mol. The zero-order valence-electron chi connectivity index (χ0n) is 29.7. The van der Waals surface area contributed by atoms with Gasteiger partial charge in [0.05, 0.1) is 24.9 Å². The third-order valence-corrected chi connectivity index (χ3v) is 11.0. The number of amides is 4. The van der Waals surface area contributed by atoms with Gasteiger partial charge in [0.1, 0.15) is 11.6 Å². The highest BCUT2D eigenvalue weighted by atomic mass is 31.2. The quantitative estimate of drug-likeness (QED) is 0.118. The molecule has 14 nitrogen and oxygen atoms in total. The van der Waals surface area contributed by atoms with Crippen molar-refractivity contribution in [2.45, 2.75) is 88.4 Å². The van der Waals surface area contributed by atoms with Crippen LogP contribution >= 0.6 is 7.60 Å². The van der Waals surface area contributed by atoms with E-state index < -0.39 is 79.6 Å². The van der Waals surface area contributed by atoms with E-state index in [0.29, 0.717) is 36.8 Å². The fourth-order valence-electron chi connectivity index (χ4n) is 7.53. The Morgan fingerprint density at radius 2 is 1.70 bits per heavy atom. The van der Waals surface area contributed by atoms with Crippen LogP contribution in [0.4, 0.5) is 0 Å². The lowest BCUT2D eigenvalue weighted by Crippen LogP contribution is -2.64. The summed E-state index contributed by atoms with van der Waals surface area (Å²) < 4.78 is 11.7. The van der Waals surface area contributed by atoms with Crippen molar-refractivity contribution in [3.8, 4) is 0 Å². The highest BCUT2D eigenvalue weighted by molar-refractivity contribution is 7.50. The van der Waals surface area contributed by atoms with E-state index in [-0.39, 0.29) is 25.3 Å². The lowest BCUT2D eigenvalue weighted by atomic mass is 9.78. The second-order valence-electron chi connectivity index (χ2n) is 14.5. The number of fused-ring (bicyclic) bond motifs is 1. The van der Waals surface area contributed by atoms with Gasteiger partial charge in [0, 0.05) is 29.6 Å². The van der Waals surface area contributed by atoms with Gasteiger partial charge in [-0.05, 0) is 67.3 Å². The Labute approximate surface area is 307 Å². The number of aromatic nitrogens is 1. The monoisotopic (exact) mass is 749 g/mol. The molecule has 1 saturated carbocycles. The zero-order valence-corrected chi connectivity index (χ0v) is 30.6. The molecular weight excluding hydrogens is 701 g/mol. The number of nitrogens with two attached hydrogens (primary N) is 1. The Morgan fingerprint density at radius 1 is 0.981 bits per heavy atom. The van der Waals surface area contributed by atoms with Crippen LogP contribution in [-0.2, 0) is 41.1 Å². The summed E-state index contributed by atoms with van der Waals surface area (Å²) in [6.07, 6.45) is 7.37. The summed E-state index contributed by atoms with van der Waals surface area (Å²) >= 11 is 0. The predicted molar refractivity (Wildman–Crippen MR) is 197 cm³/mol. The number of aryl methyl sites for hydroxylation is 1. The number of hydrogen-bond donors (Lipinski definition) is 8. The molecule has 284 valence electrons. The maximum Gasteiger partial charge on any atom is 0.329 e. The van der Waals surface area contributed by atoms with Crippen LogP contribution in [0.15, 0.2) is 60.8 Å². The van der Waals surface area contributed by atoms with Crippen LogP contribution in [0.3, 0.4) is 0 Å². The van der Waals surface area contributed by atoms with E-state index in [1.807, 2.05) is 31.3 Å². The molecule has 0 saturated heterocycles. The Kier molecular flexibility index (Phi) is 12.6. The van der Waals surface area contributed by atoms with Gasteiger partial charge in [-0.2, -0.15) is 0 Å². The van der Waals surface area contributed by atoms with Crippen molar-refractivity contribution in [3.63, 3.8) is 0 Å². The van der Waals surface area contributed by atoms with Crippen molar-refractivity contribution in [2.24, 2.45) is 17.6 Å². The first-order valence-electron chi connectivity index (χ1n) is 17.9. The third-order valence-electron chi connectivity index (χ3n) is 10.3. The van der Waals surface area contributed by atoms with Gasteiger partial charge in [-0.3, -0.25) is 28.5 Å². The van der Waals surface area contributed by atoms with Gasteiger partial charge in [-0.15, -0.1) is 0 Å². The van der Waals surface area contributed by atoms with Gasteiger partial charge in [0.15, 0.2) is 0 Å². The van der Waals surface area contributed by atoms with E-state index in [1.165, 1.54) is 0 Å². The van der Waals surface area contributed by atoms with Gasteiger partial charge in [-0.25, -0.2) is 0 Å². The van der Waals surface area contributed by atoms with E-state index in [9.17, 15) is 43.4 Å². The van der Waals surface area contributed by atoms with Crippen LogP contribution in [0.25, 0.3) is 10.9 Å². The molecule has 1 fully saturated rings.